The van der Waals surface area contributed by atoms with Gasteiger partial charge in [0.15, 0.2) is 0 Å². The van der Waals surface area contributed by atoms with Crippen LogP contribution in [0.2, 0.25) is 5.02 Å². The van der Waals surface area contributed by atoms with Gasteiger partial charge >= 0.3 is 0 Å². The van der Waals surface area contributed by atoms with Gasteiger partial charge in [0, 0.05) is 5.02 Å². The molecule has 0 saturated carbocycles. The third-order valence-corrected chi connectivity index (χ3v) is 2.49. The van der Waals surface area contributed by atoms with Crippen LogP contribution in [0.15, 0.2) is 54.6 Å². The minimum Gasteiger partial charge on any atom is -0.292 e. The molecule has 2 rings (SSSR count). The van der Waals surface area contributed by atoms with Crippen LogP contribution in [0, 0.1) is 0 Å². The first-order valence-corrected chi connectivity index (χ1v) is 5.49. The Bertz CT molecular complexity index is 485. The highest BCUT2D eigenvalue weighted by molar-refractivity contribution is 6.30. The Kier molecular flexibility index (Phi) is 3.62. The van der Waals surface area contributed by atoms with Crippen LogP contribution in [0.25, 0.3) is 0 Å². The van der Waals surface area contributed by atoms with E-state index in [1.54, 1.807) is 12.1 Å². The van der Waals surface area contributed by atoms with Crippen molar-refractivity contribution in [3.05, 3.63) is 59.6 Å². The number of nitrogens with zero attached hydrogens (tertiary/aromatic N) is 1. The zero-order valence-electron chi connectivity index (χ0n) is 9.01. The molecule has 1 amide bonds. The lowest BCUT2D eigenvalue weighted by Gasteiger charge is -2.19. The van der Waals surface area contributed by atoms with Crippen molar-refractivity contribution in [2.24, 2.45) is 0 Å². The third kappa shape index (κ3) is 2.98. The number of hydrogen-bond acceptors (Lipinski definition) is 2. The number of para-hydroxylation sites is 1. The van der Waals surface area contributed by atoms with E-state index in [4.69, 9.17) is 11.6 Å². The van der Waals surface area contributed by atoms with Gasteiger partial charge < -0.3 is 0 Å². The molecule has 4 heteroatoms. The lowest BCUT2D eigenvalue weighted by molar-refractivity contribution is -0.107. The van der Waals surface area contributed by atoms with Crippen LogP contribution < -0.4 is 10.4 Å². The Hall–Kier alpha value is -2.00. The Morgan fingerprint density at radius 3 is 2.24 bits per heavy atom. The summed E-state index contributed by atoms with van der Waals surface area (Å²) in [6.45, 7) is 0. The summed E-state index contributed by atoms with van der Waals surface area (Å²) in [5.41, 5.74) is 4.55. The fourth-order valence-corrected chi connectivity index (χ4v) is 1.53. The number of anilines is 2. The maximum atomic E-state index is 11.0. The van der Waals surface area contributed by atoms with Gasteiger partial charge in [-0.2, -0.15) is 0 Å². The molecule has 0 aliphatic rings. The highest BCUT2D eigenvalue weighted by Gasteiger charge is 2.03. The Balaban J connectivity index is 2.16. The molecular formula is C13H11ClN2O. The molecular weight excluding hydrogens is 236 g/mol. The molecule has 2 aromatic rings. The van der Waals surface area contributed by atoms with E-state index in [2.05, 4.69) is 5.43 Å². The molecule has 0 bridgehead atoms. The number of carbonyl (C=O) groups excluding carboxylic acids is 1. The summed E-state index contributed by atoms with van der Waals surface area (Å²) in [4.78, 5) is 11.0. The van der Waals surface area contributed by atoms with Gasteiger partial charge in [-0.05, 0) is 36.4 Å². The topological polar surface area (TPSA) is 32.3 Å². The second-order valence-electron chi connectivity index (χ2n) is 3.43. The summed E-state index contributed by atoms with van der Waals surface area (Å²) in [6.07, 6.45) is 0.726. The maximum Gasteiger partial charge on any atom is 0.232 e. The number of benzene rings is 2. The first kappa shape index (κ1) is 11.5. The molecule has 0 heterocycles. The molecule has 86 valence electrons. The Morgan fingerprint density at radius 2 is 1.65 bits per heavy atom. The van der Waals surface area contributed by atoms with Gasteiger partial charge in [-0.1, -0.05) is 29.8 Å². The number of amides is 1. The number of rotatable bonds is 4. The predicted molar refractivity (Wildman–Crippen MR) is 70.1 cm³/mol. The van der Waals surface area contributed by atoms with Crippen molar-refractivity contribution >= 4 is 29.4 Å². The van der Waals surface area contributed by atoms with Crippen LogP contribution in [0.1, 0.15) is 0 Å². The molecule has 0 saturated heterocycles. The van der Waals surface area contributed by atoms with Gasteiger partial charge in [0.1, 0.15) is 0 Å². The fraction of sp³-hybridized carbons (Fsp3) is 0. The molecule has 2 aromatic carbocycles. The first-order chi connectivity index (χ1) is 8.29. The lowest BCUT2D eigenvalue weighted by Crippen LogP contribution is -2.27. The predicted octanol–water partition coefficient (Wildman–Crippen LogP) is 3.33. The van der Waals surface area contributed by atoms with E-state index in [1.807, 2.05) is 42.5 Å². The average Bonchev–Trinajstić information content (AvgIpc) is 2.39. The number of hydrazine groups is 1. The molecule has 0 atom stereocenters. The van der Waals surface area contributed by atoms with E-state index >= 15 is 0 Å². The Labute approximate surface area is 105 Å². The molecule has 0 unspecified atom stereocenters. The number of hydrogen-bond donors (Lipinski definition) is 1. The van der Waals surface area contributed by atoms with Crippen molar-refractivity contribution in [2.45, 2.75) is 0 Å². The van der Waals surface area contributed by atoms with Gasteiger partial charge in [0.05, 0.1) is 11.4 Å². The number of halogens is 1. The Morgan fingerprint density at radius 1 is 1.00 bits per heavy atom. The average molecular weight is 247 g/mol. The van der Waals surface area contributed by atoms with Crippen LogP contribution in [0.5, 0.6) is 0 Å². The molecule has 1 N–H and O–H groups in total. The van der Waals surface area contributed by atoms with Crippen molar-refractivity contribution < 1.29 is 4.79 Å². The van der Waals surface area contributed by atoms with Crippen molar-refractivity contribution in [1.82, 2.24) is 0 Å². The summed E-state index contributed by atoms with van der Waals surface area (Å²) in [5, 5.41) is 2.07. The van der Waals surface area contributed by atoms with Crippen molar-refractivity contribution in [2.75, 3.05) is 10.4 Å². The summed E-state index contributed by atoms with van der Waals surface area (Å²) in [7, 11) is 0. The SMILES string of the molecule is O=CN(Nc1ccc(Cl)cc1)c1ccccc1. The molecule has 0 aliphatic carbocycles. The largest absolute Gasteiger partial charge is 0.292 e. The standard InChI is InChI=1S/C13H11ClN2O/c14-11-6-8-12(9-7-11)15-16(10-17)13-4-2-1-3-5-13/h1-10,15H. The van der Waals surface area contributed by atoms with Crippen LogP contribution in [-0.4, -0.2) is 6.41 Å². The summed E-state index contributed by atoms with van der Waals surface area (Å²) in [6, 6.07) is 16.5. The first-order valence-electron chi connectivity index (χ1n) is 5.11. The molecule has 0 fully saturated rings. The third-order valence-electron chi connectivity index (χ3n) is 2.23. The van der Waals surface area contributed by atoms with E-state index in [-0.39, 0.29) is 0 Å². The van der Waals surface area contributed by atoms with Gasteiger partial charge in [0.2, 0.25) is 6.41 Å². The molecule has 0 aromatic heterocycles. The fourth-order valence-electron chi connectivity index (χ4n) is 1.40. The molecule has 0 aliphatic heterocycles. The van der Waals surface area contributed by atoms with Crippen LogP contribution in [-0.2, 0) is 4.79 Å². The van der Waals surface area contributed by atoms with Crippen molar-refractivity contribution in [3.8, 4) is 0 Å². The maximum absolute atomic E-state index is 11.0. The van der Waals surface area contributed by atoms with Crippen LogP contribution in [0.4, 0.5) is 11.4 Å². The molecule has 0 spiro atoms. The van der Waals surface area contributed by atoms with E-state index in [1.165, 1.54) is 5.01 Å². The lowest BCUT2D eigenvalue weighted by atomic mass is 10.3. The number of nitrogens with one attached hydrogen (secondary N) is 1. The number of carbonyl (C=O) groups is 1. The van der Waals surface area contributed by atoms with Gasteiger partial charge in [0.25, 0.3) is 0 Å². The smallest absolute Gasteiger partial charge is 0.232 e. The zero-order valence-corrected chi connectivity index (χ0v) is 9.76. The highest BCUT2D eigenvalue weighted by Crippen LogP contribution is 2.17. The summed E-state index contributed by atoms with van der Waals surface area (Å²) >= 11 is 5.79. The second kappa shape index (κ2) is 5.37. The molecule has 0 radical (unpaired) electrons. The highest BCUT2D eigenvalue weighted by atomic mass is 35.5. The van der Waals surface area contributed by atoms with E-state index in [0.717, 1.165) is 17.8 Å². The van der Waals surface area contributed by atoms with Gasteiger partial charge in [-0.3, -0.25) is 10.2 Å². The monoisotopic (exact) mass is 246 g/mol. The quantitative estimate of drug-likeness (QED) is 0.663. The zero-order chi connectivity index (χ0) is 12.1. The van der Waals surface area contributed by atoms with Gasteiger partial charge in [-0.15, -0.1) is 0 Å². The van der Waals surface area contributed by atoms with E-state index in [9.17, 15) is 4.79 Å². The van der Waals surface area contributed by atoms with Crippen molar-refractivity contribution in [1.29, 1.82) is 0 Å². The minimum absolute atomic E-state index is 0.660. The molecule has 17 heavy (non-hydrogen) atoms. The minimum atomic E-state index is 0.660. The summed E-state index contributed by atoms with van der Waals surface area (Å²) in [5.74, 6) is 0. The van der Waals surface area contributed by atoms with E-state index < -0.39 is 0 Å². The van der Waals surface area contributed by atoms with Gasteiger partial charge in [-0.25, -0.2) is 5.01 Å². The van der Waals surface area contributed by atoms with Crippen LogP contribution >= 0.6 is 11.6 Å². The molecule has 3 nitrogen and oxygen atoms in total. The normalized spacial score (nSPS) is 9.71. The van der Waals surface area contributed by atoms with Crippen molar-refractivity contribution in [3.63, 3.8) is 0 Å². The van der Waals surface area contributed by atoms with E-state index in [0.29, 0.717) is 5.02 Å². The second-order valence-corrected chi connectivity index (χ2v) is 3.87. The van der Waals surface area contributed by atoms with Crippen LogP contribution in [0.3, 0.4) is 0 Å². The summed E-state index contributed by atoms with van der Waals surface area (Å²) < 4.78 is 0.